The SMILES string of the molecule is CCCn1cc(C(=O)NCc2ccc(Cl)cc2)c(=O)c2cc(CN3CCOC[C@@H]3C(O)c3ccccc3)sc21. The lowest BCUT2D eigenvalue weighted by molar-refractivity contribution is -0.0629. The number of hydrogen-bond donors (Lipinski definition) is 2. The number of fused-ring (bicyclic) bond motifs is 1. The normalized spacial score (nSPS) is 16.8. The molecule has 9 heteroatoms. The van der Waals surface area contributed by atoms with Gasteiger partial charge in [0.25, 0.3) is 5.91 Å². The van der Waals surface area contributed by atoms with E-state index < -0.39 is 12.0 Å². The summed E-state index contributed by atoms with van der Waals surface area (Å²) in [7, 11) is 0. The Morgan fingerprint density at radius 3 is 2.72 bits per heavy atom. The minimum Gasteiger partial charge on any atom is -0.387 e. The van der Waals surface area contributed by atoms with Crippen molar-refractivity contribution in [2.24, 2.45) is 0 Å². The van der Waals surface area contributed by atoms with Gasteiger partial charge in [-0.3, -0.25) is 14.5 Å². The van der Waals surface area contributed by atoms with Gasteiger partial charge < -0.3 is 19.7 Å². The number of carbonyl (C=O) groups is 1. The number of hydrogen-bond acceptors (Lipinski definition) is 6. The van der Waals surface area contributed by atoms with Crippen LogP contribution >= 0.6 is 22.9 Å². The van der Waals surface area contributed by atoms with Gasteiger partial charge in [0.15, 0.2) is 0 Å². The molecule has 0 radical (unpaired) electrons. The lowest BCUT2D eigenvalue weighted by Crippen LogP contribution is -2.48. The molecule has 1 amide bonds. The third-order valence-corrected chi connectivity index (χ3v) is 8.43. The number of halogens is 1. The molecular formula is C30H32ClN3O4S. The third kappa shape index (κ3) is 6.26. The van der Waals surface area contributed by atoms with Crippen LogP contribution in [0.3, 0.4) is 0 Å². The van der Waals surface area contributed by atoms with Gasteiger partial charge >= 0.3 is 0 Å². The first-order chi connectivity index (χ1) is 18.9. The maximum atomic E-state index is 13.5. The predicted octanol–water partition coefficient (Wildman–Crippen LogP) is 4.99. The second-order valence-electron chi connectivity index (χ2n) is 9.77. The van der Waals surface area contributed by atoms with Crippen LogP contribution in [0.25, 0.3) is 10.2 Å². The van der Waals surface area contributed by atoms with Crippen LogP contribution in [-0.2, 0) is 24.4 Å². The zero-order valence-electron chi connectivity index (χ0n) is 21.8. The quantitative estimate of drug-likeness (QED) is 0.299. The average molecular weight is 566 g/mol. The van der Waals surface area contributed by atoms with Crippen molar-refractivity contribution < 1.29 is 14.6 Å². The first-order valence-corrected chi connectivity index (χ1v) is 14.4. The summed E-state index contributed by atoms with van der Waals surface area (Å²) < 4.78 is 7.73. The standard InChI is InChI=1S/C30H32ClN3O4S/c1-2-12-34-18-25(29(37)32-16-20-8-10-22(31)11-9-20)28(36)24-15-23(39-30(24)34)17-33-13-14-38-19-26(33)27(35)21-6-4-3-5-7-21/h3-11,15,18,26-27,35H,2,12-14,16-17,19H2,1H3,(H,32,37)/t26-,27?/m1/s1. The molecule has 3 heterocycles. The van der Waals surface area contributed by atoms with Crippen molar-refractivity contribution in [2.45, 2.75) is 45.1 Å². The van der Waals surface area contributed by atoms with Crippen molar-refractivity contribution in [1.29, 1.82) is 0 Å². The molecule has 2 N–H and O–H groups in total. The number of nitrogens with zero attached hydrogens (tertiary/aromatic N) is 2. The zero-order chi connectivity index (χ0) is 27.4. The number of aliphatic hydroxyl groups excluding tert-OH is 1. The molecule has 1 aliphatic heterocycles. The number of thiophene rings is 1. The first-order valence-electron chi connectivity index (χ1n) is 13.2. The molecule has 1 saturated heterocycles. The Bertz CT molecular complexity index is 1490. The van der Waals surface area contributed by atoms with Crippen molar-refractivity contribution >= 4 is 39.1 Å². The van der Waals surface area contributed by atoms with Gasteiger partial charge in [-0.1, -0.05) is 61.0 Å². The van der Waals surface area contributed by atoms with Crippen LogP contribution in [0.4, 0.5) is 0 Å². The van der Waals surface area contributed by atoms with Gasteiger partial charge in [-0.05, 0) is 35.7 Å². The monoisotopic (exact) mass is 565 g/mol. The number of ether oxygens (including phenoxy) is 1. The topological polar surface area (TPSA) is 83.8 Å². The van der Waals surface area contributed by atoms with Crippen LogP contribution in [0.15, 0.2) is 71.7 Å². The number of aliphatic hydroxyl groups is 1. The van der Waals surface area contributed by atoms with Gasteiger partial charge in [-0.25, -0.2) is 0 Å². The van der Waals surface area contributed by atoms with Gasteiger partial charge in [0.1, 0.15) is 10.4 Å². The van der Waals surface area contributed by atoms with Crippen molar-refractivity contribution in [2.75, 3.05) is 19.8 Å². The van der Waals surface area contributed by atoms with Crippen LogP contribution in [0.5, 0.6) is 0 Å². The van der Waals surface area contributed by atoms with E-state index in [0.717, 1.165) is 27.3 Å². The Balaban J connectivity index is 1.40. The second kappa shape index (κ2) is 12.4. The fourth-order valence-corrected chi connectivity index (χ4v) is 6.27. The Kier molecular flexibility index (Phi) is 8.79. The summed E-state index contributed by atoms with van der Waals surface area (Å²) in [5.74, 6) is -0.395. The molecule has 1 fully saturated rings. The molecule has 0 spiro atoms. The summed E-state index contributed by atoms with van der Waals surface area (Å²) in [6.07, 6.45) is 1.87. The number of aromatic nitrogens is 1. The van der Waals surface area contributed by atoms with Crippen molar-refractivity contribution in [3.05, 3.63) is 104 Å². The number of nitrogens with one attached hydrogen (secondary N) is 1. The Hall–Kier alpha value is -3.01. The van der Waals surface area contributed by atoms with Crippen molar-refractivity contribution in [1.82, 2.24) is 14.8 Å². The molecule has 7 nitrogen and oxygen atoms in total. The number of benzene rings is 2. The molecular weight excluding hydrogens is 534 g/mol. The molecule has 1 unspecified atom stereocenters. The van der Waals surface area contributed by atoms with E-state index in [0.29, 0.717) is 49.8 Å². The van der Waals surface area contributed by atoms with Crippen LogP contribution < -0.4 is 10.7 Å². The number of amides is 1. The molecule has 204 valence electrons. The van der Waals surface area contributed by atoms with Crippen LogP contribution in [0, 0.1) is 0 Å². The highest BCUT2D eigenvalue weighted by Crippen LogP contribution is 2.29. The van der Waals surface area contributed by atoms with E-state index in [1.54, 1.807) is 29.7 Å². The summed E-state index contributed by atoms with van der Waals surface area (Å²) in [6.45, 7) is 5.35. The Morgan fingerprint density at radius 1 is 1.21 bits per heavy atom. The number of carbonyl (C=O) groups excluding carboxylic acids is 1. The molecule has 5 rings (SSSR count). The van der Waals surface area contributed by atoms with Crippen LogP contribution in [0.1, 0.15) is 45.8 Å². The molecule has 39 heavy (non-hydrogen) atoms. The highest BCUT2D eigenvalue weighted by molar-refractivity contribution is 7.18. The molecule has 0 saturated carbocycles. The summed E-state index contributed by atoms with van der Waals surface area (Å²) in [5, 5.41) is 15.2. The smallest absolute Gasteiger partial charge is 0.257 e. The maximum absolute atomic E-state index is 13.5. The summed E-state index contributed by atoms with van der Waals surface area (Å²) in [4.78, 5) is 30.7. The van der Waals surface area contributed by atoms with E-state index in [1.165, 1.54) is 0 Å². The Morgan fingerprint density at radius 2 is 1.97 bits per heavy atom. The van der Waals surface area contributed by atoms with Crippen molar-refractivity contribution in [3.8, 4) is 0 Å². The molecule has 1 aliphatic rings. The summed E-state index contributed by atoms with van der Waals surface area (Å²) >= 11 is 7.52. The number of morpholine rings is 1. The fraction of sp³-hybridized carbons (Fsp3) is 0.333. The van der Waals surface area contributed by atoms with Crippen molar-refractivity contribution in [3.63, 3.8) is 0 Å². The predicted molar refractivity (Wildman–Crippen MR) is 155 cm³/mol. The number of pyridine rings is 1. The van der Waals surface area contributed by atoms with Gasteiger partial charge in [0.2, 0.25) is 5.43 Å². The van der Waals surface area contributed by atoms with Gasteiger partial charge in [-0.15, -0.1) is 11.3 Å². The first kappa shape index (κ1) is 27.6. The molecule has 0 aliphatic carbocycles. The average Bonchev–Trinajstić information content (AvgIpc) is 3.39. The molecule has 4 aromatic rings. The molecule has 2 atom stereocenters. The van der Waals surface area contributed by atoms with E-state index in [-0.39, 0.29) is 17.0 Å². The molecule has 2 aromatic heterocycles. The lowest BCUT2D eigenvalue weighted by atomic mass is 10.0. The number of rotatable bonds is 9. The highest BCUT2D eigenvalue weighted by atomic mass is 35.5. The summed E-state index contributed by atoms with van der Waals surface area (Å²) in [5.41, 5.74) is 1.62. The van der Waals surface area contributed by atoms with Crippen LogP contribution in [-0.4, -0.2) is 46.3 Å². The fourth-order valence-electron chi connectivity index (χ4n) is 4.97. The zero-order valence-corrected chi connectivity index (χ0v) is 23.4. The van der Waals surface area contributed by atoms with Gasteiger partial charge in [0, 0.05) is 42.3 Å². The second-order valence-corrected chi connectivity index (χ2v) is 11.3. The maximum Gasteiger partial charge on any atom is 0.257 e. The number of aryl methyl sites for hydroxylation is 1. The van der Waals surface area contributed by atoms with E-state index in [4.69, 9.17) is 16.3 Å². The van der Waals surface area contributed by atoms with E-state index in [2.05, 4.69) is 17.1 Å². The molecule has 2 aromatic carbocycles. The molecule has 0 bridgehead atoms. The third-order valence-electron chi connectivity index (χ3n) is 7.02. The van der Waals surface area contributed by atoms with Gasteiger partial charge in [0.05, 0.1) is 30.7 Å². The van der Waals surface area contributed by atoms with E-state index >= 15 is 0 Å². The Labute approximate surface area is 236 Å². The highest BCUT2D eigenvalue weighted by Gasteiger charge is 2.31. The minimum atomic E-state index is -0.683. The van der Waals surface area contributed by atoms with E-state index in [1.807, 2.05) is 53.1 Å². The van der Waals surface area contributed by atoms with E-state index in [9.17, 15) is 14.7 Å². The van der Waals surface area contributed by atoms with Gasteiger partial charge in [-0.2, -0.15) is 0 Å². The largest absolute Gasteiger partial charge is 0.387 e. The van der Waals surface area contributed by atoms with Crippen LogP contribution in [0.2, 0.25) is 5.02 Å². The minimum absolute atomic E-state index is 0.137. The summed E-state index contributed by atoms with van der Waals surface area (Å²) in [6, 6.07) is 18.6. The lowest BCUT2D eigenvalue weighted by Gasteiger charge is -2.38.